The molecule has 0 N–H and O–H groups in total. The number of benzene rings is 2. The van der Waals surface area contributed by atoms with Gasteiger partial charge in [-0.25, -0.2) is 4.90 Å². The van der Waals surface area contributed by atoms with Crippen LogP contribution in [0, 0.1) is 16.0 Å². The first-order chi connectivity index (χ1) is 16.1. The van der Waals surface area contributed by atoms with Gasteiger partial charge in [0.15, 0.2) is 6.10 Å². The van der Waals surface area contributed by atoms with Gasteiger partial charge >= 0.3 is 0 Å². The van der Waals surface area contributed by atoms with Crippen molar-refractivity contribution in [1.29, 1.82) is 0 Å². The molecule has 0 radical (unpaired) electrons. The molecule has 4 atom stereocenters. The van der Waals surface area contributed by atoms with Gasteiger partial charge in [0.25, 0.3) is 11.6 Å². The number of fused-ring (bicyclic) bond motifs is 1. The van der Waals surface area contributed by atoms with Crippen molar-refractivity contribution >= 4 is 51.5 Å². The third-order valence-corrected chi connectivity index (χ3v) is 8.84. The molecule has 3 aliphatic heterocycles. The van der Waals surface area contributed by atoms with Gasteiger partial charge in [0.2, 0.25) is 5.91 Å². The van der Waals surface area contributed by atoms with E-state index < -0.39 is 34.4 Å². The highest BCUT2D eigenvalue weighted by atomic mass is 32.2. The lowest BCUT2D eigenvalue weighted by Gasteiger charge is -2.39. The zero-order valence-electron chi connectivity index (χ0n) is 18.7. The lowest BCUT2D eigenvalue weighted by molar-refractivity contribution is -0.384. The Bertz CT molecular complexity index is 1190. The SMILES string of the molecule is CN1C(=S)S[C@@H](N2O[C@H]3C(=O)N(c4ccccc4)C(=O)[C@@H]3[C@H]2c2ccc([N+](=O)[O-])cc2)C1(C)C. The van der Waals surface area contributed by atoms with Gasteiger partial charge in [0, 0.05) is 19.2 Å². The van der Waals surface area contributed by atoms with Crippen molar-refractivity contribution in [1.82, 2.24) is 9.96 Å². The zero-order chi connectivity index (χ0) is 24.4. The zero-order valence-corrected chi connectivity index (χ0v) is 20.3. The Hall–Kier alpha value is -2.86. The number of nitro benzene ring substituents is 1. The van der Waals surface area contributed by atoms with Crippen LogP contribution in [0.15, 0.2) is 54.6 Å². The minimum Gasteiger partial charge on any atom is -0.353 e. The van der Waals surface area contributed by atoms with Gasteiger partial charge in [-0.15, -0.1) is 0 Å². The summed E-state index contributed by atoms with van der Waals surface area (Å²) >= 11 is 6.96. The Kier molecular flexibility index (Phi) is 5.47. The van der Waals surface area contributed by atoms with Gasteiger partial charge in [-0.1, -0.05) is 54.3 Å². The van der Waals surface area contributed by atoms with E-state index in [0.29, 0.717) is 15.6 Å². The number of carbonyl (C=O) groups is 2. The van der Waals surface area contributed by atoms with Crippen molar-refractivity contribution in [3.63, 3.8) is 0 Å². The maximum atomic E-state index is 13.7. The Morgan fingerprint density at radius 1 is 1.06 bits per heavy atom. The number of rotatable bonds is 4. The lowest BCUT2D eigenvalue weighted by Crippen LogP contribution is -2.51. The number of hydrogen-bond donors (Lipinski definition) is 0. The maximum absolute atomic E-state index is 13.7. The summed E-state index contributed by atoms with van der Waals surface area (Å²) in [6.07, 6.45) is -0.997. The van der Waals surface area contributed by atoms with Crippen molar-refractivity contribution in [2.45, 2.75) is 36.9 Å². The van der Waals surface area contributed by atoms with Crippen molar-refractivity contribution < 1.29 is 19.3 Å². The summed E-state index contributed by atoms with van der Waals surface area (Å²) < 4.78 is 0.682. The number of thiocarbonyl (C=S) groups is 1. The first-order valence-corrected chi connectivity index (χ1v) is 12.0. The Balaban J connectivity index is 1.58. The van der Waals surface area contributed by atoms with Crippen LogP contribution < -0.4 is 4.90 Å². The van der Waals surface area contributed by atoms with E-state index in [9.17, 15) is 19.7 Å². The Labute approximate surface area is 205 Å². The van der Waals surface area contributed by atoms with Gasteiger partial charge in [-0.2, -0.15) is 5.06 Å². The summed E-state index contributed by atoms with van der Waals surface area (Å²) in [5, 5.41) is 12.6. The number of nitro groups is 1. The van der Waals surface area contributed by atoms with Crippen LogP contribution >= 0.6 is 24.0 Å². The molecule has 176 valence electrons. The lowest BCUT2D eigenvalue weighted by atomic mass is 9.90. The molecule has 2 aromatic rings. The second-order valence-electron chi connectivity index (χ2n) is 9.00. The van der Waals surface area contributed by atoms with Gasteiger partial charge in [-0.3, -0.25) is 24.5 Å². The van der Waals surface area contributed by atoms with Gasteiger partial charge in [0.1, 0.15) is 9.69 Å². The minimum absolute atomic E-state index is 0.0537. The molecular weight excluding hydrogens is 476 g/mol. The maximum Gasteiger partial charge on any atom is 0.269 e. The molecule has 0 aromatic heterocycles. The molecule has 3 aliphatic rings. The van der Waals surface area contributed by atoms with Gasteiger partial charge < -0.3 is 4.90 Å². The van der Waals surface area contributed by atoms with Crippen molar-refractivity contribution in [3.05, 3.63) is 70.3 Å². The summed E-state index contributed by atoms with van der Waals surface area (Å²) in [6.45, 7) is 4.04. The van der Waals surface area contributed by atoms with Crippen LogP contribution in [0.4, 0.5) is 11.4 Å². The van der Waals surface area contributed by atoms with E-state index >= 15 is 0 Å². The van der Waals surface area contributed by atoms with E-state index in [1.54, 1.807) is 41.5 Å². The highest BCUT2D eigenvalue weighted by Crippen LogP contribution is 2.52. The van der Waals surface area contributed by atoms with E-state index in [-0.39, 0.29) is 17.0 Å². The van der Waals surface area contributed by atoms with Gasteiger partial charge in [0.05, 0.1) is 28.1 Å². The molecule has 3 fully saturated rings. The molecule has 0 bridgehead atoms. The van der Waals surface area contributed by atoms with Crippen molar-refractivity contribution in [3.8, 4) is 0 Å². The first-order valence-electron chi connectivity index (χ1n) is 10.7. The minimum atomic E-state index is -0.997. The van der Waals surface area contributed by atoms with E-state index in [1.165, 1.54) is 28.8 Å². The van der Waals surface area contributed by atoms with Crippen LogP contribution in [-0.2, 0) is 14.4 Å². The number of carbonyl (C=O) groups excluding carboxylic acids is 2. The Morgan fingerprint density at radius 2 is 1.71 bits per heavy atom. The number of amides is 2. The number of likely N-dealkylation sites (N-methyl/N-ethyl adjacent to an activating group) is 1. The number of hydroxylamine groups is 2. The summed E-state index contributed by atoms with van der Waals surface area (Å²) in [5.41, 5.74) is 0.638. The molecule has 2 amide bonds. The second kappa shape index (κ2) is 8.12. The molecule has 11 heteroatoms. The van der Waals surface area contributed by atoms with Crippen LogP contribution in [0.25, 0.3) is 0 Å². The third-order valence-electron chi connectivity index (χ3n) is 6.79. The summed E-state index contributed by atoms with van der Waals surface area (Å²) in [4.78, 5) is 47.2. The molecule has 0 saturated carbocycles. The average molecular weight is 499 g/mol. The van der Waals surface area contributed by atoms with E-state index in [1.807, 2.05) is 31.9 Å². The molecule has 2 aromatic carbocycles. The predicted molar refractivity (Wildman–Crippen MR) is 131 cm³/mol. The summed E-state index contributed by atoms with van der Waals surface area (Å²) in [7, 11) is 1.90. The van der Waals surface area contributed by atoms with E-state index in [4.69, 9.17) is 17.1 Å². The summed E-state index contributed by atoms with van der Waals surface area (Å²) in [5.74, 6) is -1.58. The summed E-state index contributed by atoms with van der Waals surface area (Å²) in [6, 6.07) is 14.2. The second-order valence-corrected chi connectivity index (χ2v) is 10.7. The van der Waals surface area contributed by atoms with Crippen molar-refractivity contribution in [2.75, 3.05) is 11.9 Å². The molecule has 0 aliphatic carbocycles. The fourth-order valence-corrected chi connectivity index (χ4v) is 6.52. The number of imide groups is 1. The molecule has 3 heterocycles. The molecule has 9 nitrogen and oxygen atoms in total. The molecule has 0 unspecified atom stereocenters. The molecule has 3 saturated heterocycles. The number of thioether (sulfide) groups is 1. The highest BCUT2D eigenvalue weighted by molar-refractivity contribution is 8.23. The quantitative estimate of drug-likeness (QED) is 0.272. The number of nitrogens with zero attached hydrogens (tertiary/aromatic N) is 4. The standard InChI is InChI=1S/C23H22N4O5S2/c1-23(2)21(34-22(33)24(23)3)26-17(13-9-11-15(12-10-13)27(30)31)16-18(32-26)20(29)25(19(16)28)14-7-5-4-6-8-14/h4-12,16-18,21H,1-3H3/t16-,17-,18-,21-/m1/s1. The van der Waals surface area contributed by atoms with Crippen LogP contribution in [0.1, 0.15) is 25.5 Å². The fourth-order valence-electron chi connectivity index (χ4n) is 4.70. The average Bonchev–Trinajstić information content (AvgIpc) is 3.39. The van der Waals surface area contributed by atoms with Gasteiger partial charge in [-0.05, 0) is 31.5 Å². The number of para-hydroxylation sites is 1. The Morgan fingerprint density at radius 3 is 2.26 bits per heavy atom. The van der Waals surface area contributed by atoms with Crippen molar-refractivity contribution in [2.24, 2.45) is 5.92 Å². The van der Waals surface area contributed by atoms with Crippen LogP contribution in [0.2, 0.25) is 0 Å². The molecule has 0 spiro atoms. The first kappa shape index (κ1) is 22.9. The van der Waals surface area contributed by atoms with E-state index in [0.717, 1.165) is 0 Å². The van der Waals surface area contributed by atoms with E-state index in [2.05, 4.69) is 0 Å². The molecule has 34 heavy (non-hydrogen) atoms. The predicted octanol–water partition coefficient (Wildman–Crippen LogP) is 3.51. The monoisotopic (exact) mass is 498 g/mol. The van der Waals surface area contributed by atoms with Crippen LogP contribution in [-0.4, -0.2) is 55.1 Å². The largest absolute Gasteiger partial charge is 0.353 e. The molecule has 5 rings (SSSR count). The third kappa shape index (κ3) is 3.34. The number of hydrogen-bond acceptors (Lipinski definition) is 8. The molecular formula is C23H22N4O5S2. The number of anilines is 1. The smallest absolute Gasteiger partial charge is 0.269 e. The number of non-ortho nitro benzene ring substituents is 1. The fraction of sp³-hybridized carbons (Fsp3) is 0.348. The van der Waals surface area contributed by atoms with Crippen LogP contribution in [0.3, 0.4) is 0 Å². The normalized spacial score (nSPS) is 28.6. The highest BCUT2D eigenvalue weighted by Gasteiger charge is 2.63. The van der Waals surface area contributed by atoms with Crippen LogP contribution in [0.5, 0.6) is 0 Å². The topological polar surface area (TPSA) is 96.2 Å².